The molecule has 2 aromatic carbocycles. The van der Waals surface area contributed by atoms with Crippen LogP contribution in [0.5, 0.6) is 11.5 Å². The van der Waals surface area contributed by atoms with Crippen LogP contribution in [0, 0.1) is 0 Å². The molecule has 10 heteroatoms. The van der Waals surface area contributed by atoms with E-state index in [1.165, 1.54) is 11.3 Å². The maximum atomic E-state index is 12.6. The van der Waals surface area contributed by atoms with Crippen LogP contribution < -0.4 is 15.2 Å². The number of hydrogen-bond acceptors (Lipinski definition) is 9. The van der Waals surface area contributed by atoms with Gasteiger partial charge in [-0.15, -0.1) is 11.3 Å². The molecule has 200 valence electrons. The van der Waals surface area contributed by atoms with Crippen LogP contribution in [-0.4, -0.2) is 55.8 Å². The Kier molecular flexibility index (Phi) is 8.65. The van der Waals surface area contributed by atoms with Gasteiger partial charge in [-0.3, -0.25) is 14.4 Å². The number of aromatic nitrogens is 1. The Morgan fingerprint density at radius 3 is 2.37 bits per heavy atom. The summed E-state index contributed by atoms with van der Waals surface area (Å²) in [6.07, 6.45) is 0.257. The van der Waals surface area contributed by atoms with Crippen molar-refractivity contribution in [3.63, 3.8) is 0 Å². The SMILES string of the molecule is COc1cc2cc(C(=O)CCC(=O)OCCOC(=O)[C@@H](N)Cc3cc4ccccc4n3C)sc2cc1OC. The van der Waals surface area contributed by atoms with E-state index in [0.29, 0.717) is 22.8 Å². The quantitative estimate of drug-likeness (QED) is 0.163. The monoisotopic (exact) mass is 538 g/mol. The van der Waals surface area contributed by atoms with Crippen molar-refractivity contribution in [1.29, 1.82) is 0 Å². The highest BCUT2D eigenvalue weighted by Gasteiger charge is 2.19. The van der Waals surface area contributed by atoms with Gasteiger partial charge in [-0.05, 0) is 35.0 Å². The first-order chi connectivity index (χ1) is 18.3. The Morgan fingerprint density at radius 1 is 0.921 bits per heavy atom. The van der Waals surface area contributed by atoms with Gasteiger partial charge in [0.1, 0.15) is 19.3 Å². The highest BCUT2D eigenvalue weighted by Crippen LogP contribution is 2.36. The van der Waals surface area contributed by atoms with Gasteiger partial charge in [0.2, 0.25) is 0 Å². The second-order valence-corrected chi connectivity index (χ2v) is 9.81. The zero-order valence-corrected chi connectivity index (χ0v) is 22.3. The molecule has 1 atom stereocenters. The molecule has 2 N–H and O–H groups in total. The lowest BCUT2D eigenvalue weighted by Gasteiger charge is -2.12. The standard InChI is InChI=1S/C28H30N2O7S/c1-30-19(12-17-6-4-5-7-21(17)30)15-20(29)28(33)37-11-10-36-27(32)9-8-22(31)26-14-18-13-23(34-2)24(35-3)16-25(18)38-26/h4-7,12-14,16,20H,8-11,15,29H2,1-3H3/t20-/m0/s1. The van der Waals surface area contributed by atoms with Crippen molar-refractivity contribution >= 4 is 50.0 Å². The van der Waals surface area contributed by atoms with Crippen LogP contribution in [0.15, 0.2) is 48.5 Å². The Morgan fingerprint density at radius 2 is 1.63 bits per heavy atom. The molecule has 4 rings (SSSR count). The number of rotatable bonds is 12. The molecule has 0 saturated carbocycles. The molecular weight excluding hydrogens is 508 g/mol. The van der Waals surface area contributed by atoms with Gasteiger partial charge in [0.05, 0.1) is 25.5 Å². The fourth-order valence-corrected chi connectivity index (χ4v) is 5.21. The van der Waals surface area contributed by atoms with E-state index in [1.54, 1.807) is 20.3 Å². The highest BCUT2D eigenvalue weighted by molar-refractivity contribution is 7.20. The summed E-state index contributed by atoms with van der Waals surface area (Å²) in [6.45, 7) is -0.219. The molecule has 0 aliphatic carbocycles. The van der Waals surface area contributed by atoms with Crippen LogP contribution in [0.3, 0.4) is 0 Å². The van der Waals surface area contributed by atoms with Gasteiger partial charge in [-0.25, -0.2) is 0 Å². The Balaban J connectivity index is 1.19. The molecule has 4 aromatic rings. The van der Waals surface area contributed by atoms with Crippen LogP contribution in [-0.2, 0) is 32.5 Å². The van der Waals surface area contributed by atoms with Gasteiger partial charge < -0.3 is 29.2 Å². The minimum absolute atomic E-state index is 0.00953. The number of para-hydroxylation sites is 1. The average Bonchev–Trinajstić information content (AvgIpc) is 3.49. The summed E-state index contributed by atoms with van der Waals surface area (Å²) in [4.78, 5) is 37.5. The number of thiophene rings is 1. The molecule has 0 aliphatic rings. The fraction of sp³-hybridized carbons (Fsp3) is 0.321. The van der Waals surface area contributed by atoms with Crippen LogP contribution in [0.2, 0.25) is 0 Å². The molecular formula is C28H30N2O7S. The Hall–Kier alpha value is -3.89. The summed E-state index contributed by atoms with van der Waals surface area (Å²) in [5, 5.41) is 1.93. The van der Waals surface area contributed by atoms with E-state index in [4.69, 9.17) is 24.7 Å². The minimum atomic E-state index is -0.840. The maximum Gasteiger partial charge on any atom is 0.323 e. The van der Waals surface area contributed by atoms with Gasteiger partial charge in [0.15, 0.2) is 17.3 Å². The summed E-state index contributed by atoms with van der Waals surface area (Å²) in [7, 11) is 5.03. The number of ketones is 1. The van der Waals surface area contributed by atoms with Crippen LogP contribution in [0.1, 0.15) is 28.2 Å². The number of nitrogens with two attached hydrogens (primary N) is 1. The smallest absolute Gasteiger partial charge is 0.323 e. The van der Waals surface area contributed by atoms with Crippen molar-refractivity contribution in [2.45, 2.75) is 25.3 Å². The topological polar surface area (TPSA) is 119 Å². The molecule has 0 spiro atoms. The number of carbonyl (C=O) groups excluding carboxylic acids is 3. The number of hydrogen-bond donors (Lipinski definition) is 1. The van der Waals surface area contributed by atoms with E-state index in [2.05, 4.69) is 0 Å². The van der Waals surface area contributed by atoms with Gasteiger partial charge in [-0.2, -0.15) is 0 Å². The zero-order chi connectivity index (χ0) is 27.2. The molecule has 0 amide bonds. The van der Waals surface area contributed by atoms with E-state index in [0.717, 1.165) is 26.7 Å². The van der Waals surface area contributed by atoms with Gasteiger partial charge in [0, 0.05) is 41.9 Å². The fourth-order valence-electron chi connectivity index (χ4n) is 4.17. The van der Waals surface area contributed by atoms with Crippen LogP contribution in [0.25, 0.3) is 21.0 Å². The second-order valence-electron chi connectivity index (χ2n) is 8.73. The third kappa shape index (κ3) is 6.15. The van der Waals surface area contributed by atoms with Crippen molar-refractivity contribution in [2.75, 3.05) is 27.4 Å². The number of carbonyl (C=O) groups is 3. The van der Waals surface area contributed by atoms with E-state index in [9.17, 15) is 14.4 Å². The number of nitrogens with zero attached hydrogens (tertiary/aromatic N) is 1. The summed E-state index contributed by atoms with van der Waals surface area (Å²) in [6, 6.07) is 14.5. The van der Waals surface area contributed by atoms with Crippen molar-refractivity contribution in [3.8, 4) is 11.5 Å². The molecule has 9 nitrogen and oxygen atoms in total. The first-order valence-electron chi connectivity index (χ1n) is 12.1. The molecule has 0 saturated heterocycles. The lowest BCUT2D eigenvalue weighted by Crippen LogP contribution is -2.35. The zero-order valence-electron chi connectivity index (χ0n) is 21.5. The van der Waals surface area contributed by atoms with Crippen molar-refractivity contribution in [3.05, 3.63) is 59.1 Å². The van der Waals surface area contributed by atoms with E-state index < -0.39 is 18.0 Å². The molecule has 0 bridgehead atoms. The lowest BCUT2D eigenvalue weighted by atomic mass is 10.1. The Labute approximate surface area is 224 Å². The first kappa shape index (κ1) is 27.2. The molecule has 0 fully saturated rings. The molecule has 0 aliphatic heterocycles. The van der Waals surface area contributed by atoms with Crippen molar-refractivity contribution in [1.82, 2.24) is 4.57 Å². The maximum absolute atomic E-state index is 12.6. The number of methoxy groups -OCH3 is 2. The third-order valence-electron chi connectivity index (χ3n) is 6.23. The van der Waals surface area contributed by atoms with Crippen molar-refractivity contribution < 1.29 is 33.3 Å². The van der Waals surface area contributed by atoms with Gasteiger partial charge in [0.25, 0.3) is 0 Å². The molecule has 2 heterocycles. The number of Topliss-reactive ketones (excluding diaryl/α,β-unsaturated/α-hetero) is 1. The van der Waals surface area contributed by atoms with Crippen LogP contribution in [0.4, 0.5) is 0 Å². The summed E-state index contributed by atoms with van der Waals surface area (Å²) < 4.78 is 23.8. The van der Waals surface area contributed by atoms with E-state index in [1.807, 2.05) is 54.1 Å². The number of benzene rings is 2. The predicted octanol–water partition coefficient (Wildman–Crippen LogP) is 4.03. The normalized spacial score (nSPS) is 11.9. The molecule has 0 unspecified atom stereocenters. The summed E-state index contributed by atoms with van der Waals surface area (Å²) >= 11 is 1.33. The summed E-state index contributed by atoms with van der Waals surface area (Å²) in [5.41, 5.74) is 8.01. The predicted molar refractivity (Wildman–Crippen MR) is 145 cm³/mol. The lowest BCUT2D eigenvalue weighted by molar-refractivity contribution is -0.153. The number of aryl methyl sites for hydroxylation is 1. The number of esters is 2. The van der Waals surface area contributed by atoms with Crippen molar-refractivity contribution in [2.24, 2.45) is 12.8 Å². The van der Waals surface area contributed by atoms with E-state index in [-0.39, 0.29) is 31.8 Å². The highest BCUT2D eigenvalue weighted by atomic mass is 32.1. The molecule has 38 heavy (non-hydrogen) atoms. The number of fused-ring (bicyclic) bond motifs is 2. The summed E-state index contributed by atoms with van der Waals surface area (Å²) in [5.74, 6) is -0.111. The minimum Gasteiger partial charge on any atom is -0.493 e. The second kappa shape index (κ2) is 12.1. The van der Waals surface area contributed by atoms with Gasteiger partial charge in [-0.1, -0.05) is 18.2 Å². The molecule has 0 radical (unpaired) electrons. The van der Waals surface area contributed by atoms with E-state index >= 15 is 0 Å². The molecule has 2 aromatic heterocycles. The average molecular weight is 539 g/mol. The van der Waals surface area contributed by atoms with Gasteiger partial charge >= 0.3 is 11.9 Å². The van der Waals surface area contributed by atoms with Crippen LogP contribution >= 0.6 is 11.3 Å². The number of ether oxygens (including phenoxy) is 4. The third-order valence-corrected chi connectivity index (χ3v) is 7.37. The largest absolute Gasteiger partial charge is 0.493 e. The Bertz CT molecular complexity index is 1430. The first-order valence-corrected chi connectivity index (χ1v) is 12.9.